The molecule has 0 aliphatic carbocycles. The summed E-state index contributed by atoms with van der Waals surface area (Å²) in [6.45, 7) is 0. The summed E-state index contributed by atoms with van der Waals surface area (Å²) in [7, 11) is -3.02. The highest BCUT2D eigenvalue weighted by Gasteiger charge is 2.35. The Balaban J connectivity index is 1.81. The van der Waals surface area contributed by atoms with E-state index in [4.69, 9.17) is 23.2 Å². The number of nitrogens with two attached hydrogens (primary N) is 1. The van der Waals surface area contributed by atoms with E-state index in [0.29, 0.717) is 22.2 Å². The lowest BCUT2D eigenvalue weighted by Crippen LogP contribution is -2.93. The largest absolute Gasteiger partial charge is 0.329 e. The lowest BCUT2D eigenvalue weighted by Gasteiger charge is -2.19. The first-order valence-corrected chi connectivity index (χ1v) is 10.8. The molecular formula is C18H19Cl2N2O3S+. The SMILES string of the molecule is O=C(Nc1cc(Cl)cc(Cl)c1)[C@@H]([NH2+][C@H]1CCS(=O)(=O)C1)c1ccccc1. The Labute approximate surface area is 162 Å². The van der Waals surface area contributed by atoms with Gasteiger partial charge in [-0.2, -0.15) is 0 Å². The van der Waals surface area contributed by atoms with Crippen LogP contribution in [-0.2, 0) is 14.6 Å². The van der Waals surface area contributed by atoms with Gasteiger partial charge in [-0.3, -0.25) is 4.79 Å². The van der Waals surface area contributed by atoms with E-state index >= 15 is 0 Å². The molecule has 1 aliphatic rings. The molecule has 2 aromatic rings. The molecule has 1 saturated heterocycles. The summed E-state index contributed by atoms with van der Waals surface area (Å²) in [6, 6.07) is 13.4. The minimum absolute atomic E-state index is 0.0899. The molecule has 3 rings (SSSR count). The summed E-state index contributed by atoms with van der Waals surface area (Å²) in [4.78, 5) is 12.9. The van der Waals surface area contributed by atoms with E-state index in [2.05, 4.69) is 5.32 Å². The summed E-state index contributed by atoms with van der Waals surface area (Å²) < 4.78 is 23.5. The van der Waals surface area contributed by atoms with Crippen LogP contribution in [0.15, 0.2) is 48.5 Å². The molecule has 0 radical (unpaired) electrons. The van der Waals surface area contributed by atoms with Crippen molar-refractivity contribution in [2.75, 3.05) is 16.8 Å². The van der Waals surface area contributed by atoms with Crippen LogP contribution in [-0.4, -0.2) is 31.9 Å². The number of rotatable bonds is 5. The van der Waals surface area contributed by atoms with E-state index in [9.17, 15) is 13.2 Å². The molecule has 1 heterocycles. The van der Waals surface area contributed by atoms with E-state index in [0.717, 1.165) is 5.56 Å². The van der Waals surface area contributed by atoms with Crippen molar-refractivity contribution in [2.45, 2.75) is 18.5 Å². The van der Waals surface area contributed by atoms with Crippen LogP contribution in [0.25, 0.3) is 0 Å². The van der Waals surface area contributed by atoms with Gasteiger partial charge in [0.05, 0.1) is 5.75 Å². The quantitative estimate of drug-likeness (QED) is 0.789. The van der Waals surface area contributed by atoms with Crippen LogP contribution in [0, 0.1) is 0 Å². The van der Waals surface area contributed by atoms with Crippen LogP contribution >= 0.6 is 23.2 Å². The molecule has 8 heteroatoms. The number of sulfone groups is 1. The minimum atomic E-state index is -3.02. The van der Waals surface area contributed by atoms with Crippen molar-refractivity contribution in [1.82, 2.24) is 0 Å². The van der Waals surface area contributed by atoms with Gasteiger partial charge in [0.25, 0.3) is 5.91 Å². The van der Waals surface area contributed by atoms with E-state index in [1.807, 2.05) is 35.6 Å². The summed E-state index contributed by atoms with van der Waals surface area (Å²) in [5.74, 6) is 0.00666. The maximum atomic E-state index is 12.9. The number of anilines is 1. The van der Waals surface area contributed by atoms with Crippen LogP contribution in [0.3, 0.4) is 0 Å². The van der Waals surface area contributed by atoms with Gasteiger partial charge >= 0.3 is 0 Å². The highest BCUT2D eigenvalue weighted by atomic mass is 35.5. The van der Waals surface area contributed by atoms with Crippen molar-refractivity contribution >= 4 is 44.6 Å². The number of amides is 1. The molecule has 0 saturated carbocycles. The second kappa shape index (κ2) is 7.96. The Hall–Kier alpha value is -1.60. The predicted octanol–water partition coefficient (Wildman–Crippen LogP) is 2.42. The maximum absolute atomic E-state index is 12.9. The van der Waals surface area contributed by atoms with Crippen LogP contribution < -0.4 is 10.6 Å². The third-order valence-electron chi connectivity index (χ3n) is 4.30. The number of carbonyl (C=O) groups is 1. The zero-order chi connectivity index (χ0) is 18.7. The zero-order valence-electron chi connectivity index (χ0n) is 13.9. The average Bonchev–Trinajstić information content (AvgIpc) is 2.91. The predicted molar refractivity (Wildman–Crippen MR) is 103 cm³/mol. The molecule has 1 fully saturated rings. The molecule has 1 amide bonds. The molecule has 3 N–H and O–H groups in total. The fourth-order valence-electron chi connectivity index (χ4n) is 3.10. The Kier molecular flexibility index (Phi) is 5.87. The molecule has 2 aromatic carbocycles. The summed E-state index contributed by atoms with van der Waals surface area (Å²) >= 11 is 12.0. The first-order valence-electron chi connectivity index (χ1n) is 8.20. The van der Waals surface area contributed by atoms with Gasteiger partial charge in [0.2, 0.25) is 0 Å². The van der Waals surface area contributed by atoms with E-state index in [-0.39, 0.29) is 23.5 Å². The highest BCUT2D eigenvalue weighted by molar-refractivity contribution is 7.91. The van der Waals surface area contributed by atoms with Crippen LogP contribution in [0.1, 0.15) is 18.0 Å². The van der Waals surface area contributed by atoms with Gasteiger partial charge in [0.1, 0.15) is 11.8 Å². The number of hydrogen-bond donors (Lipinski definition) is 2. The van der Waals surface area contributed by atoms with Crippen LogP contribution in [0.5, 0.6) is 0 Å². The van der Waals surface area contributed by atoms with Crippen LogP contribution in [0.2, 0.25) is 10.0 Å². The lowest BCUT2D eigenvalue weighted by molar-refractivity contribution is -0.710. The second-order valence-electron chi connectivity index (χ2n) is 6.39. The monoisotopic (exact) mass is 413 g/mol. The Morgan fingerprint density at radius 1 is 1.12 bits per heavy atom. The number of carbonyl (C=O) groups excluding carboxylic acids is 1. The average molecular weight is 414 g/mol. The summed E-state index contributed by atoms with van der Waals surface area (Å²) in [6.07, 6.45) is 0.544. The Morgan fingerprint density at radius 3 is 2.35 bits per heavy atom. The Morgan fingerprint density at radius 2 is 1.77 bits per heavy atom. The number of benzene rings is 2. The van der Waals surface area contributed by atoms with Crippen molar-refractivity contribution in [3.05, 3.63) is 64.1 Å². The van der Waals surface area contributed by atoms with Crippen LogP contribution in [0.4, 0.5) is 5.69 Å². The molecule has 5 nitrogen and oxygen atoms in total. The number of quaternary nitrogens is 1. The minimum Gasteiger partial charge on any atom is -0.329 e. The normalized spacial score (nSPS) is 19.8. The summed E-state index contributed by atoms with van der Waals surface area (Å²) in [5, 5.41) is 5.51. The van der Waals surface area contributed by atoms with Gasteiger partial charge in [0, 0.05) is 27.7 Å². The lowest BCUT2D eigenvalue weighted by atomic mass is 10.0. The molecule has 138 valence electrons. The van der Waals surface area contributed by atoms with Crippen molar-refractivity contribution in [1.29, 1.82) is 0 Å². The van der Waals surface area contributed by atoms with E-state index in [1.165, 1.54) is 0 Å². The van der Waals surface area contributed by atoms with Gasteiger partial charge in [-0.1, -0.05) is 53.5 Å². The molecule has 0 spiro atoms. The van der Waals surface area contributed by atoms with Crippen molar-refractivity contribution in [2.24, 2.45) is 0 Å². The fourth-order valence-corrected chi connectivity index (χ4v) is 5.39. The molecule has 2 atom stereocenters. The third kappa shape index (κ3) is 4.98. The maximum Gasteiger partial charge on any atom is 0.287 e. The standard InChI is InChI=1S/C18H18Cl2N2O3S/c19-13-8-14(20)10-16(9-13)22-18(23)17(12-4-2-1-3-5-12)21-15-6-7-26(24,25)11-15/h1-5,8-10,15,17,21H,6-7,11H2,(H,22,23)/p+1/t15-,17-/m0/s1. The van der Waals surface area contributed by atoms with Gasteiger partial charge in [-0.25, -0.2) is 8.42 Å². The molecule has 0 bridgehead atoms. The number of nitrogens with one attached hydrogen (secondary N) is 1. The Bertz CT molecular complexity index is 884. The molecule has 0 aromatic heterocycles. The molecule has 26 heavy (non-hydrogen) atoms. The fraction of sp³-hybridized carbons (Fsp3) is 0.278. The van der Waals surface area contributed by atoms with Gasteiger partial charge < -0.3 is 10.6 Å². The van der Waals surface area contributed by atoms with Crippen molar-refractivity contribution in [3.63, 3.8) is 0 Å². The first-order chi connectivity index (χ1) is 12.3. The van der Waals surface area contributed by atoms with Gasteiger partial charge in [0.15, 0.2) is 15.9 Å². The summed E-state index contributed by atoms with van der Waals surface area (Å²) in [5.41, 5.74) is 1.31. The zero-order valence-corrected chi connectivity index (χ0v) is 16.2. The van der Waals surface area contributed by atoms with Gasteiger partial charge in [-0.15, -0.1) is 0 Å². The topological polar surface area (TPSA) is 79.8 Å². The molecule has 1 aliphatic heterocycles. The molecule has 0 unspecified atom stereocenters. The third-order valence-corrected chi connectivity index (χ3v) is 6.53. The second-order valence-corrected chi connectivity index (χ2v) is 9.49. The smallest absolute Gasteiger partial charge is 0.287 e. The number of halogens is 2. The number of hydrogen-bond acceptors (Lipinski definition) is 3. The highest BCUT2D eigenvalue weighted by Crippen LogP contribution is 2.23. The van der Waals surface area contributed by atoms with E-state index in [1.54, 1.807) is 18.2 Å². The van der Waals surface area contributed by atoms with Crippen molar-refractivity contribution in [3.8, 4) is 0 Å². The molecular weight excluding hydrogens is 395 g/mol. The van der Waals surface area contributed by atoms with E-state index < -0.39 is 15.9 Å². The van der Waals surface area contributed by atoms with Crippen molar-refractivity contribution < 1.29 is 18.5 Å². The van der Waals surface area contributed by atoms with Gasteiger partial charge in [-0.05, 0) is 18.2 Å². The first kappa shape index (κ1) is 19.2.